The number of ether oxygens (including phenoxy) is 2. The summed E-state index contributed by atoms with van der Waals surface area (Å²) < 4.78 is 10.2. The number of amides is 1. The Labute approximate surface area is 159 Å². The lowest BCUT2D eigenvalue weighted by Gasteiger charge is -2.14. The number of aromatic nitrogens is 1. The highest BCUT2D eigenvalue weighted by Crippen LogP contribution is 2.22. The van der Waals surface area contributed by atoms with Gasteiger partial charge in [0.05, 0.1) is 15.6 Å². The topological polar surface area (TPSA) is 101 Å². The molecular formula is C17H13Cl2N3O4. The van der Waals surface area contributed by atoms with Crippen LogP contribution in [0.25, 0.3) is 0 Å². The molecule has 1 aromatic carbocycles. The average molecular weight is 394 g/mol. The SMILES string of the molecule is C[C@@H](OC(=O)COc1ccccc1C#N)C(=O)Nc1ncc(Cl)cc1Cl. The van der Waals surface area contributed by atoms with E-state index in [9.17, 15) is 9.59 Å². The van der Waals surface area contributed by atoms with Crippen LogP contribution in [0.3, 0.4) is 0 Å². The van der Waals surface area contributed by atoms with E-state index < -0.39 is 24.6 Å². The second kappa shape index (κ2) is 9.04. The van der Waals surface area contributed by atoms with Gasteiger partial charge in [-0.05, 0) is 25.1 Å². The second-order valence-electron chi connectivity index (χ2n) is 5.00. The van der Waals surface area contributed by atoms with Crippen LogP contribution in [0.15, 0.2) is 36.5 Å². The van der Waals surface area contributed by atoms with Crippen LogP contribution < -0.4 is 10.1 Å². The van der Waals surface area contributed by atoms with E-state index in [0.717, 1.165) is 0 Å². The molecule has 1 heterocycles. The highest BCUT2D eigenvalue weighted by Gasteiger charge is 2.20. The van der Waals surface area contributed by atoms with Crippen molar-refractivity contribution in [2.45, 2.75) is 13.0 Å². The molecule has 2 rings (SSSR count). The normalized spacial score (nSPS) is 11.2. The highest BCUT2D eigenvalue weighted by molar-refractivity contribution is 6.36. The van der Waals surface area contributed by atoms with Crippen molar-refractivity contribution in [2.24, 2.45) is 0 Å². The van der Waals surface area contributed by atoms with E-state index in [-0.39, 0.29) is 22.2 Å². The zero-order chi connectivity index (χ0) is 19.1. The zero-order valence-corrected chi connectivity index (χ0v) is 15.0. The maximum atomic E-state index is 12.1. The summed E-state index contributed by atoms with van der Waals surface area (Å²) in [6, 6.07) is 9.81. The summed E-state index contributed by atoms with van der Waals surface area (Å²) in [4.78, 5) is 27.8. The minimum absolute atomic E-state index is 0.100. The van der Waals surface area contributed by atoms with Crippen LogP contribution >= 0.6 is 23.2 Å². The lowest BCUT2D eigenvalue weighted by atomic mass is 10.2. The minimum atomic E-state index is -1.11. The maximum absolute atomic E-state index is 12.1. The summed E-state index contributed by atoms with van der Waals surface area (Å²) in [5, 5.41) is 11.9. The summed E-state index contributed by atoms with van der Waals surface area (Å²) >= 11 is 11.6. The monoisotopic (exact) mass is 393 g/mol. The number of carbonyl (C=O) groups is 2. The van der Waals surface area contributed by atoms with Crippen LogP contribution in [0.5, 0.6) is 5.75 Å². The van der Waals surface area contributed by atoms with E-state index in [4.69, 9.17) is 37.9 Å². The van der Waals surface area contributed by atoms with Gasteiger partial charge in [-0.15, -0.1) is 0 Å². The van der Waals surface area contributed by atoms with Crippen molar-refractivity contribution in [3.63, 3.8) is 0 Å². The summed E-state index contributed by atoms with van der Waals surface area (Å²) in [5.74, 6) is -1.03. The molecule has 0 aliphatic rings. The molecule has 0 bridgehead atoms. The molecule has 7 nitrogen and oxygen atoms in total. The number of hydrogen-bond acceptors (Lipinski definition) is 6. The average Bonchev–Trinajstić information content (AvgIpc) is 2.62. The van der Waals surface area contributed by atoms with Gasteiger partial charge in [-0.2, -0.15) is 5.26 Å². The Morgan fingerprint density at radius 3 is 2.77 bits per heavy atom. The van der Waals surface area contributed by atoms with Gasteiger partial charge in [0.1, 0.15) is 11.8 Å². The fourth-order valence-corrected chi connectivity index (χ4v) is 2.26. The molecule has 0 spiro atoms. The number of halogens is 2. The third-order valence-corrected chi connectivity index (χ3v) is 3.57. The first-order valence-corrected chi connectivity index (χ1v) is 8.09. The molecular weight excluding hydrogens is 381 g/mol. The van der Waals surface area contributed by atoms with E-state index >= 15 is 0 Å². The Morgan fingerprint density at radius 1 is 1.35 bits per heavy atom. The Hall–Kier alpha value is -2.82. The number of rotatable bonds is 6. The Bertz CT molecular complexity index is 867. The van der Waals surface area contributed by atoms with Crippen LogP contribution in [0, 0.1) is 11.3 Å². The van der Waals surface area contributed by atoms with Crippen LogP contribution in [0.4, 0.5) is 5.82 Å². The molecule has 0 saturated heterocycles. The number of carbonyl (C=O) groups excluding carboxylic acids is 2. The standard InChI is InChI=1S/C17H13Cl2N3O4/c1-10(17(24)22-16-13(19)6-12(18)8-21-16)26-15(23)9-25-14-5-3-2-4-11(14)7-20/h2-6,8,10H,9H2,1H3,(H,21,22,24)/t10-/m1/s1. The van der Waals surface area contributed by atoms with Gasteiger partial charge in [0.2, 0.25) is 0 Å². The Kier molecular flexibility index (Phi) is 6.78. The molecule has 0 fully saturated rings. The minimum Gasteiger partial charge on any atom is -0.481 e. The van der Waals surface area contributed by atoms with E-state index in [2.05, 4.69) is 10.3 Å². The maximum Gasteiger partial charge on any atom is 0.344 e. The van der Waals surface area contributed by atoms with E-state index in [0.29, 0.717) is 5.02 Å². The molecule has 1 atom stereocenters. The fourth-order valence-electron chi connectivity index (χ4n) is 1.83. The molecule has 9 heteroatoms. The molecule has 134 valence electrons. The van der Waals surface area contributed by atoms with Crippen LogP contribution in [-0.4, -0.2) is 29.6 Å². The van der Waals surface area contributed by atoms with Gasteiger partial charge < -0.3 is 14.8 Å². The Morgan fingerprint density at radius 2 is 2.08 bits per heavy atom. The second-order valence-corrected chi connectivity index (χ2v) is 5.85. The summed E-state index contributed by atoms with van der Waals surface area (Å²) in [6.07, 6.45) is 0.214. The lowest BCUT2D eigenvalue weighted by Crippen LogP contribution is -2.32. The number of esters is 1. The summed E-state index contributed by atoms with van der Waals surface area (Å²) in [6.45, 7) is 0.941. The van der Waals surface area contributed by atoms with Gasteiger partial charge in [0.25, 0.3) is 5.91 Å². The molecule has 26 heavy (non-hydrogen) atoms. The highest BCUT2D eigenvalue weighted by atomic mass is 35.5. The molecule has 0 aliphatic heterocycles. The molecule has 0 unspecified atom stereocenters. The van der Waals surface area contributed by atoms with E-state index in [1.54, 1.807) is 24.3 Å². The predicted octanol–water partition coefficient (Wildman–Crippen LogP) is 3.21. The molecule has 1 amide bonds. The van der Waals surface area contributed by atoms with Crippen LogP contribution in [-0.2, 0) is 14.3 Å². The first-order valence-electron chi connectivity index (χ1n) is 7.34. The van der Waals surface area contributed by atoms with Crippen LogP contribution in [0.2, 0.25) is 10.0 Å². The third kappa shape index (κ3) is 5.34. The molecule has 1 N–H and O–H groups in total. The van der Waals surface area contributed by atoms with Gasteiger partial charge >= 0.3 is 5.97 Å². The number of pyridine rings is 1. The van der Waals surface area contributed by atoms with Crippen molar-refractivity contribution in [1.29, 1.82) is 5.26 Å². The third-order valence-electron chi connectivity index (χ3n) is 3.08. The van der Waals surface area contributed by atoms with Crippen molar-refractivity contribution >= 4 is 40.9 Å². The number of nitrogens with one attached hydrogen (secondary N) is 1. The Balaban J connectivity index is 1.88. The first kappa shape index (κ1) is 19.5. The number of benzene rings is 1. The van der Waals surface area contributed by atoms with E-state index in [1.807, 2.05) is 6.07 Å². The lowest BCUT2D eigenvalue weighted by molar-refractivity contribution is -0.155. The van der Waals surface area contributed by atoms with Crippen LogP contribution in [0.1, 0.15) is 12.5 Å². The van der Waals surface area contributed by atoms with Crippen molar-refractivity contribution in [2.75, 3.05) is 11.9 Å². The van der Waals surface area contributed by atoms with Gasteiger partial charge in [0.15, 0.2) is 18.5 Å². The summed E-state index contributed by atoms with van der Waals surface area (Å²) in [5.41, 5.74) is 0.287. The zero-order valence-electron chi connectivity index (χ0n) is 13.5. The van der Waals surface area contributed by atoms with Crippen molar-refractivity contribution in [1.82, 2.24) is 4.98 Å². The van der Waals surface area contributed by atoms with Crippen molar-refractivity contribution < 1.29 is 19.1 Å². The van der Waals surface area contributed by atoms with Gasteiger partial charge in [0, 0.05) is 6.20 Å². The molecule has 0 saturated carbocycles. The molecule has 0 radical (unpaired) electrons. The smallest absolute Gasteiger partial charge is 0.344 e. The number of para-hydroxylation sites is 1. The van der Waals surface area contributed by atoms with Gasteiger partial charge in [-0.3, -0.25) is 4.79 Å². The molecule has 0 aliphatic carbocycles. The number of nitriles is 1. The fraction of sp³-hybridized carbons (Fsp3) is 0.176. The molecule has 2 aromatic rings. The number of nitrogens with zero attached hydrogens (tertiary/aromatic N) is 2. The number of hydrogen-bond donors (Lipinski definition) is 1. The summed E-state index contributed by atoms with van der Waals surface area (Å²) in [7, 11) is 0. The van der Waals surface area contributed by atoms with Gasteiger partial charge in [-0.25, -0.2) is 9.78 Å². The first-order chi connectivity index (χ1) is 12.4. The largest absolute Gasteiger partial charge is 0.481 e. The molecule has 1 aromatic heterocycles. The van der Waals surface area contributed by atoms with Gasteiger partial charge in [-0.1, -0.05) is 35.3 Å². The quantitative estimate of drug-likeness (QED) is 0.755. The van der Waals surface area contributed by atoms with E-state index in [1.165, 1.54) is 19.2 Å². The predicted molar refractivity (Wildman–Crippen MR) is 95.1 cm³/mol. The van der Waals surface area contributed by atoms with Crippen molar-refractivity contribution in [3.8, 4) is 11.8 Å². The number of anilines is 1. The van der Waals surface area contributed by atoms with Crippen molar-refractivity contribution in [3.05, 3.63) is 52.1 Å².